The fourth-order valence-electron chi connectivity index (χ4n) is 4.21. The predicted molar refractivity (Wildman–Crippen MR) is 142 cm³/mol. The average molecular weight is 566 g/mol. The van der Waals surface area contributed by atoms with E-state index in [9.17, 15) is 4.79 Å². The first-order valence-electron chi connectivity index (χ1n) is 11.2. The standard InChI is InChI=1S/C23H34N8O.HI/c1-24-23(30-12-13-31(22(32)18-30)21-15-26-28(3)17-21)25-14-19-4-6-20(7-5-19)16-29-10-8-27(2)9-11-29;/h4-7,15,17H,8-14,16,18H2,1-3H3,(H,24,25);1H. The predicted octanol–water partition coefficient (Wildman–Crippen LogP) is 1.21. The van der Waals surface area contributed by atoms with E-state index in [0.717, 1.165) is 50.9 Å². The summed E-state index contributed by atoms with van der Waals surface area (Å²) in [6, 6.07) is 8.79. The second-order valence-corrected chi connectivity index (χ2v) is 8.64. The Labute approximate surface area is 213 Å². The normalized spacial score (nSPS) is 18.4. The van der Waals surface area contributed by atoms with Crippen LogP contribution in [0.3, 0.4) is 0 Å². The third-order valence-corrected chi connectivity index (χ3v) is 6.21. The van der Waals surface area contributed by atoms with Crippen LogP contribution in [0.2, 0.25) is 0 Å². The van der Waals surface area contributed by atoms with Crippen LogP contribution in [0.25, 0.3) is 0 Å². The number of hydrogen-bond donors (Lipinski definition) is 1. The Balaban J connectivity index is 0.00000306. The first kappa shape index (κ1) is 25.4. The zero-order valence-electron chi connectivity index (χ0n) is 19.8. The Morgan fingerprint density at radius 2 is 1.73 bits per heavy atom. The highest BCUT2D eigenvalue weighted by Crippen LogP contribution is 2.16. The molecule has 3 heterocycles. The number of nitrogens with zero attached hydrogens (tertiary/aromatic N) is 7. The highest BCUT2D eigenvalue weighted by Gasteiger charge is 2.27. The van der Waals surface area contributed by atoms with E-state index in [2.05, 4.69) is 56.5 Å². The first-order chi connectivity index (χ1) is 15.5. The largest absolute Gasteiger partial charge is 0.352 e. The van der Waals surface area contributed by atoms with Crippen molar-refractivity contribution < 1.29 is 4.79 Å². The maximum atomic E-state index is 12.7. The smallest absolute Gasteiger partial charge is 0.246 e. The van der Waals surface area contributed by atoms with Gasteiger partial charge in [0, 0.05) is 72.7 Å². The summed E-state index contributed by atoms with van der Waals surface area (Å²) in [6.07, 6.45) is 3.60. The van der Waals surface area contributed by atoms with Gasteiger partial charge in [0.15, 0.2) is 5.96 Å². The quantitative estimate of drug-likeness (QED) is 0.334. The molecule has 2 saturated heterocycles. The Kier molecular flexibility index (Phi) is 9.10. The minimum atomic E-state index is 0. The van der Waals surface area contributed by atoms with E-state index in [4.69, 9.17) is 0 Å². The zero-order chi connectivity index (χ0) is 22.5. The van der Waals surface area contributed by atoms with Gasteiger partial charge in [-0.15, -0.1) is 24.0 Å². The maximum Gasteiger partial charge on any atom is 0.246 e. The molecule has 0 aliphatic carbocycles. The van der Waals surface area contributed by atoms with Gasteiger partial charge >= 0.3 is 0 Å². The van der Waals surface area contributed by atoms with E-state index < -0.39 is 0 Å². The van der Waals surface area contributed by atoms with Gasteiger partial charge in [-0.3, -0.25) is 19.4 Å². The molecule has 180 valence electrons. The van der Waals surface area contributed by atoms with Gasteiger partial charge < -0.3 is 20.0 Å². The number of aryl methyl sites for hydroxylation is 1. The second kappa shape index (κ2) is 11.8. The molecule has 0 spiro atoms. The summed E-state index contributed by atoms with van der Waals surface area (Å²) >= 11 is 0. The van der Waals surface area contributed by atoms with Gasteiger partial charge in [0.05, 0.1) is 11.9 Å². The molecule has 33 heavy (non-hydrogen) atoms. The van der Waals surface area contributed by atoms with Crippen molar-refractivity contribution in [2.75, 3.05) is 64.8 Å². The molecule has 0 saturated carbocycles. The number of likely N-dealkylation sites (N-methyl/N-ethyl adjacent to an activating group) is 1. The minimum absolute atomic E-state index is 0. The monoisotopic (exact) mass is 566 g/mol. The molecule has 9 nitrogen and oxygen atoms in total. The number of halogens is 1. The van der Waals surface area contributed by atoms with Crippen LogP contribution in [0.1, 0.15) is 11.1 Å². The van der Waals surface area contributed by atoms with Crippen molar-refractivity contribution in [1.29, 1.82) is 0 Å². The average Bonchev–Trinajstić information content (AvgIpc) is 3.23. The summed E-state index contributed by atoms with van der Waals surface area (Å²) < 4.78 is 1.71. The second-order valence-electron chi connectivity index (χ2n) is 8.64. The topological polar surface area (TPSA) is 72.2 Å². The molecule has 2 aliphatic heterocycles. The molecule has 1 aromatic carbocycles. The number of rotatable bonds is 5. The Morgan fingerprint density at radius 3 is 2.33 bits per heavy atom. The SMILES string of the molecule is CN=C(NCc1ccc(CN2CCN(C)CC2)cc1)N1CCN(c2cnn(C)c2)C(=O)C1.I. The molecule has 1 aromatic heterocycles. The molecule has 1 amide bonds. The molecule has 0 radical (unpaired) electrons. The summed E-state index contributed by atoms with van der Waals surface area (Å²) in [5.74, 6) is 0.811. The lowest BCUT2D eigenvalue weighted by atomic mass is 10.1. The molecule has 10 heteroatoms. The highest BCUT2D eigenvalue weighted by atomic mass is 127. The van der Waals surface area contributed by atoms with Crippen molar-refractivity contribution in [3.63, 3.8) is 0 Å². The molecule has 0 bridgehead atoms. The van der Waals surface area contributed by atoms with Gasteiger partial charge in [0.2, 0.25) is 5.91 Å². The van der Waals surface area contributed by atoms with Gasteiger partial charge in [-0.1, -0.05) is 24.3 Å². The van der Waals surface area contributed by atoms with Crippen LogP contribution in [0.5, 0.6) is 0 Å². The number of piperazine rings is 2. The minimum Gasteiger partial charge on any atom is -0.352 e. The number of anilines is 1. The molecule has 2 aliphatic rings. The highest BCUT2D eigenvalue weighted by molar-refractivity contribution is 14.0. The van der Waals surface area contributed by atoms with Crippen LogP contribution in [-0.2, 0) is 24.9 Å². The molecular formula is C23H35IN8O. The molecule has 2 fully saturated rings. The van der Waals surface area contributed by atoms with Crippen molar-refractivity contribution >= 4 is 41.5 Å². The molecule has 1 N–H and O–H groups in total. The number of carbonyl (C=O) groups excluding carboxylic acids is 1. The fourth-order valence-corrected chi connectivity index (χ4v) is 4.21. The molecule has 0 unspecified atom stereocenters. The Hall–Kier alpha value is -2.18. The zero-order valence-corrected chi connectivity index (χ0v) is 22.1. The Morgan fingerprint density at radius 1 is 1.03 bits per heavy atom. The van der Waals surface area contributed by atoms with Gasteiger partial charge in [0.25, 0.3) is 0 Å². The van der Waals surface area contributed by atoms with Crippen molar-refractivity contribution in [3.05, 3.63) is 47.8 Å². The van der Waals surface area contributed by atoms with Crippen molar-refractivity contribution in [1.82, 2.24) is 29.8 Å². The van der Waals surface area contributed by atoms with Crippen LogP contribution < -0.4 is 10.2 Å². The third kappa shape index (κ3) is 6.67. The number of guanidine groups is 1. The summed E-state index contributed by atoms with van der Waals surface area (Å²) in [4.78, 5) is 25.8. The van der Waals surface area contributed by atoms with Crippen LogP contribution in [0.15, 0.2) is 41.7 Å². The summed E-state index contributed by atoms with van der Waals surface area (Å²) in [6.45, 7) is 7.87. The van der Waals surface area contributed by atoms with E-state index in [-0.39, 0.29) is 29.9 Å². The number of amides is 1. The van der Waals surface area contributed by atoms with E-state index in [1.165, 1.54) is 11.1 Å². The summed E-state index contributed by atoms with van der Waals surface area (Å²) in [7, 11) is 5.80. The lowest BCUT2D eigenvalue weighted by Gasteiger charge is -2.35. The van der Waals surface area contributed by atoms with Crippen LogP contribution in [0.4, 0.5) is 5.69 Å². The third-order valence-electron chi connectivity index (χ3n) is 6.21. The van der Waals surface area contributed by atoms with Crippen LogP contribution >= 0.6 is 24.0 Å². The summed E-state index contributed by atoms with van der Waals surface area (Å²) in [5, 5.41) is 7.58. The van der Waals surface area contributed by atoms with E-state index in [1.807, 2.05) is 18.1 Å². The van der Waals surface area contributed by atoms with Gasteiger partial charge in [-0.05, 0) is 18.2 Å². The first-order valence-corrected chi connectivity index (χ1v) is 11.2. The van der Waals surface area contributed by atoms with Crippen molar-refractivity contribution in [2.45, 2.75) is 13.1 Å². The van der Waals surface area contributed by atoms with E-state index in [1.54, 1.807) is 22.8 Å². The Bertz CT molecular complexity index is 936. The molecule has 2 aromatic rings. The summed E-state index contributed by atoms with van der Waals surface area (Å²) in [5.41, 5.74) is 3.39. The lowest BCUT2D eigenvalue weighted by Crippen LogP contribution is -2.55. The number of hydrogen-bond acceptors (Lipinski definition) is 5. The van der Waals surface area contributed by atoms with Gasteiger partial charge in [0.1, 0.15) is 6.54 Å². The number of aromatic nitrogens is 2. The molecule has 4 rings (SSSR count). The van der Waals surface area contributed by atoms with Gasteiger partial charge in [-0.2, -0.15) is 5.10 Å². The van der Waals surface area contributed by atoms with Crippen molar-refractivity contribution in [2.24, 2.45) is 12.0 Å². The van der Waals surface area contributed by atoms with Crippen molar-refractivity contribution in [3.8, 4) is 0 Å². The molecular weight excluding hydrogens is 531 g/mol. The lowest BCUT2D eigenvalue weighted by molar-refractivity contribution is -0.120. The maximum absolute atomic E-state index is 12.7. The number of benzene rings is 1. The number of aliphatic imine (C=N–C) groups is 1. The van der Waals surface area contributed by atoms with Crippen LogP contribution in [0, 0.1) is 0 Å². The number of carbonyl (C=O) groups is 1. The van der Waals surface area contributed by atoms with E-state index >= 15 is 0 Å². The van der Waals surface area contributed by atoms with E-state index in [0.29, 0.717) is 19.6 Å². The molecule has 0 atom stereocenters. The number of nitrogens with one attached hydrogen (secondary N) is 1. The van der Waals surface area contributed by atoms with Crippen LogP contribution in [-0.4, -0.2) is 96.3 Å². The van der Waals surface area contributed by atoms with Gasteiger partial charge in [-0.25, -0.2) is 0 Å². The fraction of sp³-hybridized carbons (Fsp3) is 0.522.